The van der Waals surface area contributed by atoms with E-state index in [9.17, 15) is 4.79 Å². The summed E-state index contributed by atoms with van der Waals surface area (Å²) >= 11 is 0. The summed E-state index contributed by atoms with van der Waals surface area (Å²) in [6.45, 7) is 1.68. The molecule has 0 spiro atoms. The Hall–Kier alpha value is -2.27. The number of hydrogen-bond acceptors (Lipinski definition) is 5. The molecular weight excluding hydrogens is 254 g/mol. The lowest BCUT2D eigenvalue weighted by atomic mass is 9.92. The van der Waals surface area contributed by atoms with Crippen LogP contribution >= 0.6 is 0 Å². The molecule has 0 saturated heterocycles. The monoisotopic (exact) mass is 269 g/mol. The topological polar surface area (TPSA) is 64.1 Å². The van der Waals surface area contributed by atoms with Gasteiger partial charge in [-0.05, 0) is 24.1 Å². The first-order chi connectivity index (χ1) is 9.81. The van der Waals surface area contributed by atoms with Crippen LogP contribution in [-0.2, 0) is 13.0 Å². The molecule has 1 aliphatic heterocycles. The van der Waals surface area contributed by atoms with Crippen molar-refractivity contribution in [1.29, 1.82) is 0 Å². The molecule has 1 aromatic carbocycles. The van der Waals surface area contributed by atoms with Crippen LogP contribution in [-0.4, -0.2) is 29.4 Å². The van der Waals surface area contributed by atoms with Gasteiger partial charge in [-0.3, -0.25) is 4.79 Å². The van der Waals surface area contributed by atoms with Gasteiger partial charge in [0.15, 0.2) is 5.69 Å². The lowest BCUT2D eigenvalue weighted by Gasteiger charge is -2.19. The normalized spacial score (nSPS) is 13.7. The van der Waals surface area contributed by atoms with E-state index >= 15 is 0 Å². The van der Waals surface area contributed by atoms with E-state index in [1.807, 2.05) is 18.2 Å². The van der Waals surface area contributed by atoms with Gasteiger partial charge in [0, 0.05) is 24.5 Å². The second-order valence-electron chi connectivity index (χ2n) is 4.61. The number of carbonyl (C=O) groups is 1. The highest BCUT2D eigenvalue weighted by atomic mass is 16.5. The van der Waals surface area contributed by atoms with Crippen LogP contribution < -0.4 is 10.1 Å². The quantitative estimate of drug-likeness (QED) is 0.852. The molecule has 5 heteroatoms. The largest absolute Gasteiger partial charge is 0.479 e. The van der Waals surface area contributed by atoms with Crippen LogP contribution in [0.4, 0.5) is 0 Å². The molecule has 0 amide bonds. The van der Waals surface area contributed by atoms with E-state index < -0.39 is 0 Å². The number of ether oxygens (including phenoxy) is 1. The molecule has 1 aliphatic rings. The molecule has 0 radical (unpaired) electrons. The number of carbonyl (C=O) groups excluding carboxylic acids is 1. The fourth-order valence-corrected chi connectivity index (χ4v) is 2.50. The van der Waals surface area contributed by atoms with Crippen LogP contribution in [0.2, 0.25) is 0 Å². The number of nitrogens with zero attached hydrogens (tertiary/aromatic N) is 2. The summed E-state index contributed by atoms with van der Waals surface area (Å²) in [5.74, 6) is 0.137. The van der Waals surface area contributed by atoms with Gasteiger partial charge in [0.25, 0.3) is 0 Å². The number of benzene rings is 1. The molecule has 1 N–H and O–H groups in total. The fraction of sp³-hybridized carbons (Fsp3) is 0.267. The first kappa shape index (κ1) is 12.7. The third-order valence-electron chi connectivity index (χ3n) is 3.46. The van der Waals surface area contributed by atoms with Crippen LogP contribution in [0.5, 0.6) is 5.88 Å². The molecule has 0 bridgehead atoms. The second-order valence-corrected chi connectivity index (χ2v) is 4.61. The molecule has 0 fully saturated rings. The number of rotatable bonds is 3. The minimum absolute atomic E-state index is 0.131. The first-order valence-electron chi connectivity index (χ1n) is 6.52. The summed E-state index contributed by atoms with van der Waals surface area (Å²) in [6.07, 6.45) is 3.87. The Morgan fingerprint density at radius 2 is 2.15 bits per heavy atom. The van der Waals surface area contributed by atoms with Crippen LogP contribution in [0.15, 0.2) is 30.6 Å². The highest BCUT2D eigenvalue weighted by molar-refractivity contribution is 6.10. The molecule has 5 nitrogen and oxygen atoms in total. The van der Waals surface area contributed by atoms with Crippen LogP contribution in [0.25, 0.3) is 0 Å². The molecule has 0 unspecified atom stereocenters. The average Bonchev–Trinajstić information content (AvgIpc) is 2.53. The van der Waals surface area contributed by atoms with E-state index in [0.717, 1.165) is 25.1 Å². The van der Waals surface area contributed by atoms with Crippen molar-refractivity contribution < 1.29 is 9.53 Å². The molecule has 2 aromatic rings. The molecular formula is C15H15N3O2. The third kappa shape index (κ3) is 2.16. The molecule has 3 rings (SSSR count). The minimum atomic E-state index is -0.131. The van der Waals surface area contributed by atoms with Gasteiger partial charge in [-0.2, -0.15) is 0 Å². The van der Waals surface area contributed by atoms with E-state index in [4.69, 9.17) is 4.74 Å². The second kappa shape index (κ2) is 5.38. The fourth-order valence-electron chi connectivity index (χ4n) is 2.50. The number of methoxy groups -OCH3 is 1. The summed E-state index contributed by atoms with van der Waals surface area (Å²) < 4.78 is 5.13. The van der Waals surface area contributed by atoms with Gasteiger partial charge >= 0.3 is 0 Å². The Balaban J connectivity index is 2.07. The number of hydrogen-bond donors (Lipinski definition) is 1. The van der Waals surface area contributed by atoms with Gasteiger partial charge in [0.1, 0.15) is 0 Å². The van der Waals surface area contributed by atoms with E-state index in [2.05, 4.69) is 15.3 Å². The molecule has 0 atom stereocenters. The van der Waals surface area contributed by atoms with Crippen molar-refractivity contribution in [3.8, 4) is 5.88 Å². The van der Waals surface area contributed by atoms with Gasteiger partial charge in [0.2, 0.25) is 11.7 Å². The Bertz CT molecular complexity index is 655. The summed E-state index contributed by atoms with van der Waals surface area (Å²) in [5.41, 5.74) is 3.23. The van der Waals surface area contributed by atoms with Crippen LogP contribution in [0, 0.1) is 0 Å². The molecule has 0 aliphatic carbocycles. The maximum atomic E-state index is 12.7. The SMILES string of the molecule is COc1nccnc1C(=O)c1cccc2c1CCNC2. The van der Waals surface area contributed by atoms with Crippen molar-refractivity contribution in [2.24, 2.45) is 0 Å². The zero-order chi connectivity index (χ0) is 13.9. The van der Waals surface area contributed by atoms with Gasteiger partial charge in [-0.25, -0.2) is 9.97 Å². The van der Waals surface area contributed by atoms with Crippen LogP contribution in [0.3, 0.4) is 0 Å². The van der Waals surface area contributed by atoms with Gasteiger partial charge in [-0.1, -0.05) is 18.2 Å². The number of nitrogens with one attached hydrogen (secondary N) is 1. The third-order valence-corrected chi connectivity index (χ3v) is 3.46. The lowest BCUT2D eigenvalue weighted by Crippen LogP contribution is -2.25. The van der Waals surface area contributed by atoms with Crippen molar-refractivity contribution in [2.45, 2.75) is 13.0 Å². The maximum Gasteiger partial charge on any atom is 0.243 e. The lowest BCUT2D eigenvalue weighted by molar-refractivity contribution is 0.102. The molecule has 102 valence electrons. The van der Waals surface area contributed by atoms with Gasteiger partial charge in [0.05, 0.1) is 7.11 Å². The molecule has 0 saturated carbocycles. The van der Waals surface area contributed by atoms with Crippen molar-refractivity contribution in [3.63, 3.8) is 0 Å². The summed E-state index contributed by atoms with van der Waals surface area (Å²) in [5, 5.41) is 3.31. The van der Waals surface area contributed by atoms with Crippen molar-refractivity contribution in [3.05, 3.63) is 53.0 Å². The van der Waals surface area contributed by atoms with E-state index in [1.165, 1.54) is 25.1 Å². The average molecular weight is 269 g/mol. The molecule has 2 heterocycles. The maximum absolute atomic E-state index is 12.7. The molecule has 1 aromatic heterocycles. The minimum Gasteiger partial charge on any atom is -0.479 e. The Morgan fingerprint density at radius 1 is 1.30 bits per heavy atom. The van der Waals surface area contributed by atoms with Crippen molar-refractivity contribution in [1.82, 2.24) is 15.3 Å². The standard InChI is InChI=1S/C15H15N3O2/c1-20-15-13(17-7-8-18-15)14(19)12-4-2-3-10-9-16-6-5-11(10)12/h2-4,7-8,16H,5-6,9H2,1H3. The zero-order valence-corrected chi connectivity index (χ0v) is 11.2. The first-order valence-corrected chi connectivity index (χ1v) is 6.52. The van der Waals surface area contributed by atoms with E-state index in [1.54, 1.807) is 0 Å². The number of ketones is 1. The summed E-state index contributed by atoms with van der Waals surface area (Å²) in [6, 6.07) is 5.80. The Kier molecular flexibility index (Phi) is 3.43. The zero-order valence-electron chi connectivity index (χ0n) is 11.2. The molecule has 20 heavy (non-hydrogen) atoms. The summed E-state index contributed by atoms with van der Waals surface area (Å²) in [4.78, 5) is 20.9. The summed E-state index contributed by atoms with van der Waals surface area (Å²) in [7, 11) is 1.49. The Labute approximate surface area is 117 Å². The van der Waals surface area contributed by atoms with E-state index in [0.29, 0.717) is 5.56 Å². The smallest absolute Gasteiger partial charge is 0.243 e. The Morgan fingerprint density at radius 3 is 3.00 bits per heavy atom. The highest BCUT2D eigenvalue weighted by Crippen LogP contribution is 2.23. The number of fused-ring (bicyclic) bond motifs is 1. The highest BCUT2D eigenvalue weighted by Gasteiger charge is 2.22. The van der Waals surface area contributed by atoms with Crippen LogP contribution in [0.1, 0.15) is 27.2 Å². The van der Waals surface area contributed by atoms with Gasteiger partial charge < -0.3 is 10.1 Å². The number of aromatic nitrogens is 2. The van der Waals surface area contributed by atoms with E-state index in [-0.39, 0.29) is 17.4 Å². The van der Waals surface area contributed by atoms with Crippen molar-refractivity contribution in [2.75, 3.05) is 13.7 Å². The predicted molar refractivity (Wildman–Crippen MR) is 73.9 cm³/mol. The van der Waals surface area contributed by atoms with Crippen molar-refractivity contribution >= 4 is 5.78 Å². The predicted octanol–water partition coefficient (Wildman–Crippen LogP) is 1.36. The van der Waals surface area contributed by atoms with Gasteiger partial charge in [-0.15, -0.1) is 0 Å².